The van der Waals surface area contributed by atoms with E-state index < -0.39 is 24.4 Å². The Bertz CT molecular complexity index is 1220. The highest BCUT2D eigenvalue weighted by molar-refractivity contribution is 6.03. The molecule has 0 unspecified atom stereocenters. The third-order valence-corrected chi connectivity index (χ3v) is 5.51. The second-order valence-corrected chi connectivity index (χ2v) is 7.66. The number of hydrogen-bond donors (Lipinski definition) is 1. The summed E-state index contributed by atoms with van der Waals surface area (Å²) in [6, 6.07) is 22.4. The van der Waals surface area contributed by atoms with Gasteiger partial charge < -0.3 is 15.2 Å². The lowest BCUT2D eigenvalue weighted by molar-refractivity contribution is -0.136. The van der Waals surface area contributed by atoms with E-state index in [0.717, 1.165) is 16.8 Å². The van der Waals surface area contributed by atoms with Crippen LogP contribution in [0.4, 0.5) is 0 Å². The Morgan fingerprint density at radius 3 is 2.21 bits per heavy atom. The SMILES string of the molecule is COc1ccc([C@H]2CC(c3ccccc3)=NN2C(=O)COC(=O)c2ccc(C(N)=O)cc2)cc1. The highest BCUT2D eigenvalue weighted by atomic mass is 16.5. The van der Waals surface area contributed by atoms with Gasteiger partial charge in [0.2, 0.25) is 5.91 Å². The first kappa shape index (κ1) is 22.7. The number of amides is 2. The lowest BCUT2D eigenvalue weighted by atomic mass is 9.98. The summed E-state index contributed by atoms with van der Waals surface area (Å²) in [5.41, 5.74) is 8.27. The van der Waals surface area contributed by atoms with E-state index in [-0.39, 0.29) is 17.2 Å². The van der Waals surface area contributed by atoms with Crippen LogP contribution in [0.25, 0.3) is 0 Å². The molecule has 2 N–H and O–H groups in total. The Balaban J connectivity index is 1.51. The fraction of sp³-hybridized carbons (Fsp3) is 0.154. The molecule has 4 rings (SSSR count). The van der Waals surface area contributed by atoms with Crippen molar-refractivity contribution in [3.05, 3.63) is 101 Å². The third-order valence-electron chi connectivity index (χ3n) is 5.51. The fourth-order valence-corrected chi connectivity index (χ4v) is 3.68. The van der Waals surface area contributed by atoms with Crippen molar-refractivity contribution in [2.45, 2.75) is 12.5 Å². The molecule has 0 fully saturated rings. The number of esters is 1. The van der Waals surface area contributed by atoms with E-state index in [1.807, 2.05) is 54.6 Å². The molecule has 0 saturated heterocycles. The van der Waals surface area contributed by atoms with Crippen molar-refractivity contribution >= 4 is 23.5 Å². The Morgan fingerprint density at radius 1 is 0.941 bits per heavy atom. The van der Waals surface area contributed by atoms with Crippen LogP contribution in [0.1, 0.15) is 44.3 Å². The Kier molecular flexibility index (Phi) is 6.68. The average Bonchev–Trinajstić information content (AvgIpc) is 3.33. The minimum Gasteiger partial charge on any atom is -0.497 e. The smallest absolute Gasteiger partial charge is 0.338 e. The molecule has 34 heavy (non-hydrogen) atoms. The van der Waals surface area contributed by atoms with E-state index in [2.05, 4.69) is 5.10 Å². The summed E-state index contributed by atoms with van der Waals surface area (Å²) in [7, 11) is 1.59. The molecule has 0 aromatic heterocycles. The topological polar surface area (TPSA) is 111 Å². The number of primary amides is 1. The second kappa shape index (κ2) is 9.99. The first-order valence-electron chi connectivity index (χ1n) is 10.6. The van der Waals surface area contributed by atoms with Crippen LogP contribution >= 0.6 is 0 Å². The maximum Gasteiger partial charge on any atom is 0.338 e. The molecule has 1 aliphatic rings. The number of nitrogens with two attached hydrogens (primary N) is 1. The number of hydrazone groups is 1. The van der Waals surface area contributed by atoms with Crippen molar-refractivity contribution in [2.24, 2.45) is 10.8 Å². The quantitative estimate of drug-likeness (QED) is 0.547. The Hall–Kier alpha value is -4.46. The van der Waals surface area contributed by atoms with Crippen molar-refractivity contribution in [1.29, 1.82) is 0 Å². The van der Waals surface area contributed by atoms with Gasteiger partial charge in [-0.1, -0.05) is 42.5 Å². The molecule has 3 aromatic carbocycles. The molecular weight excluding hydrogens is 434 g/mol. The fourth-order valence-electron chi connectivity index (χ4n) is 3.68. The van der Waals surface area contributed by atoms with Crippen molar-refractivity contribution in [1.82, 2.24) is 5.01 Å². The molecule has 1 atom stereocenters. The van der Waals surface area contributed by atoms with Gasteiger partial charge in [0, 0.05) is 12.0 Å². The molecule has 0 saturated carbocycles. The molecule has 8 heteroatoms. The minimum atomic E-state index is -0.683. The van der Waals surface area contributed by atoms with E-state index in [1.165, 1.54) is 29.3 Å². The van der Waals surface area contributed by atoms with Crippen LogP contribution in [0, 0.1) is 0 Å². The van der Waals surface area contributed by atoms with Gasteiger partial charge in [0.25, 0.3) is 5.91 Å². The van der Waals surface area contributed by atoms with Crippen LogP contribution in [0.5, 0.6) is 5.75 Å². The summed E-state index contributed by atoms with van der Waals surface area (Å²) < 4.78 is 10.5. The van der Waals surface area contributed by atoms with Gasteiger partial charge in [-0.25, -0.2) is 9.80 Å². The van der Waals surface area contributed by atoms with Crippen molar-refractivity contribution in [3.63, 3.8) is 0 Å². The van der Waals surface area contributed by atoms with Gasteiger partial charge in [0.15, 0.2) is 6.61 Å². The van der Waals surface area contributed by atoms with Crippen LogP contribution < -0.4 is 10.5 Å². The van der Waals surface area contributed by atoms with Crippen molar-refractivity contribution < 1.29 is 23.9 Å². The molecule has 1 heterocycles. The maximum absolute atomic E-state index is 13.1. The van der Waals surface area contributed by atoms with Crippen LogP contribution in [-0.2, 0) is 9.53 Å². The molecule has 3 aromatic rings. The third kappa shape index (κ3) is 4.96. The molecule has 0 spiro atoms. The monoisotopic (exact) mass is 457 g/mol. The van der Waals surface area contributed by atoms with E-state index in [9.17, 15) is 14.4 Å². The van der Waals surface area contributed by atoms with Gasteiger partial charge in [-0.2, -0.15) is 5.10 Å². The average molecular weight is 457 g/mol. The summed E-state index contributed by atoms with van der Waals surface area (Å²) in [5.74, 6) is -1.02. The number of methoxy groups -OCH3 is 1. The van der Waals surface area contributed by atoms with Crippen LogP contribution in [0.15, 0.2) is 84.0 Å². The summed E-state index contributed by atoms with van der Waals surface area (Å²) in [5, 5.41) is 5.94. The zero-order valence-electron chi connectivity index (χ0n) is 18.5. The molecule has 172 valence electrons. The number of carbonyl (C=O) groups excluding carboxylic acids is 3. The van der Waals surface area contributed by atoms with E-state index in [1.54, 1.807) is 7.11 Å². The largest absolute Gasteiger partial charge is 0.497 e. The predicted octanol–water partition coefficient (Wildman–Crippen LogP) is 3.33. The zero-order chi connectivity index (χ0) is 24.1. The Labute approximate surface area is 196 Å². The van der Waals surface area contributed by atoms with Gasteiger partial charge in [0.05, 0.1) is 24.4 Å². The molecule has 0 bridgehead atoms. The molecule has 8 nitrogen and oxygen atoms in total. The first-order chi connectivity index (χ1) is 16.5. The summed E-state index contributed by atoms with van der Waals surface area (Å²) in [6.07, 6.45) is 0.518. The van der Waals surface area contributed by atoms with Gasteiger partial charge >= 0.3 is 5.97 Å². The van der Waals surface area contributed by atoms with Crippen LogP contribution in [-0.4, -0.2) is 42.2 Å². The van der Waals surface area contributed by atoms with E-state index in [0.29, 0.717) is 12.2 Å². The molecule has 2 amide bonds. The minimum absolute atomic E-state index is 0.208. The van der Waals surface area contributed by atoms with Gasteiger partial charge in [-0.3, -0.25) is 9.59 Å². The molecule has 0 radical (unpaired) electrons. The number of ether oxygens (including phenoxy) is 2. The van der Waals surface area contributed by atoms with Gasteiger partial charge in [-0.15, -0.1) is 0 Å². The summed E-state index contributed by atoms with van der Waals surface area (Å²) in [4.78, 5) is 36.7. The maximum atomic E-state index is 13.1. The lowest BCUT2D eigenvalue weighted by Crippen LogP contribution is -2.31. The van der Waals surface area contributed by atoms with Gasteiger partial charge in [-0.05, 0) is 47.5 Å². The van der Waals surface area contributed by atoms with Crippen LogP contribution in [0.2, 0.25) is 0 Å². The number of rotatable bonds is 7. The zero-order valence-corrected chi connectivity index (χ0v) is 18.5. The van der Waals surface area contributed by atoms with Crippen molar-refractivity contribution in [2.75, 3.05) is 13.7 Å². The van der Waals surface area contributed by atoms with Crippen molar-refractivity contribution in [3.8, 4) is 5.75 Å². The number of carbonyl (C=O) groups is 3. The highest BCUT2D eigenvalue weighted by Crippen LogP contribution is 2.33. The Morgan fingerprint density at radius 2 is 1.59 bits per heavy atom. The standard InChI is InChI=1S/C26H23N3O5/c1-33-21-13-11-18(12-14-21)23-15-22(17-5-3-2-4-6-17)28-29(23)24(30)16-34-26(32)20-9-7-19(8-10-20)25(27)31/h2-14,23H,15-16H2,1H3,(H2,27,31)/t23-/m1/s1. The number of hydrogen-bond acceptors (Lipinski definition) is 6. The number of nitrogens with zero attached hydrogens (tertiary/aromatic N) is 2. The molecule has 1 aliphatic heterocycles. The molecule has 0 aliphatic carbocycles. The van der Waals surface area contributed by atoms with Gasteiger partial charge in [0.1, 0.15) is 5.75 Å². The first-order valence-corrected chi connectivity index (χ1v) is 10.6. The van der Waals surface area contributed by atoms with E-state index >= 15 is 0 Å². The normalized spacial score (nSPS) is 14.9. The lowest BCUT2D eigenvalue weighted by Gasteiger charge is -2.22. The predicted molar refractivity (Wildman–Crippen MR) is 125 cm³/mol. The van der Waals surface area contributed by atoms with Crippen LogP contribution in [0.3, 0.4) is 0 Å². The van der Waals surface area contributed by atoms with E-state index in [4.69, 9.17) is 15.2 Å². The summed E-state index contributed by atoms with van der Waals surface area (Å²) in [6.45, 7) is -0.478. The second-order valence-electron chi connectivity index (χ2n) is 7.66. The highest BCUT2D eigenvalue weighted by Gasteiger charge is 2.33. The molecular formula is C26H23N3O5. The number of benzene rings is 3. The summed E-state index contributed by atoms with van der Waals surface area (Å²) >= 11 is 0.